The number of aliphatic imine (C=N–C) groups is 1. The second-order valence-electron chi connectivity index (χ2n) is 6.15. The van der Waals surface area contributed by atoms with Crippen molar-refractivity contribution in [2.45, 2.75) is 32.9 Å². The fraction of sp³-hybridized carbons (Fsp3) is 0.562. The van der Waals surface area contributed by atoms with Gasteiger partial charge in [-0.3, -0.25) is 0 Å². The van der Waals surface area contributed by atoms with Gasteiger partial charge < -0.3 is 20.5 Å². The van der Waals surface area contributed by atoms with Crippen LogP contribution < -0.4 is 15.8 Å². The van der Waals surface area contributed by atoms with Crippen LogP contribution in [-0.2, 0) is 4.74 Å². The topological polar surface area (TPSA) is 68.9 Å². The molecule has 2 rings (SSSR count). The molecule has 1 aliphatic carbocycles. The average molecular weight is 291 g/mol. The first-order valence-corrected chi connectivity index (χ1v) is 7.17. The number of methoxy groups -OCH3 is 2. The summed E-state index contributed by atoms with van der Waals surface area (Å²) in [6.45, 7) is 6.47. The van der Waals surface area contributed by atoms with E-state index in [9.17, 15) is 0 Å². The van der Waals surface area contributed by atoms with Gasteiger partial charge in [0, 0.05) is 24.1 Å². The molecule has 1 aliphatic rings. The number of ether oxygens (including phenoxy) is 2. The van der Waals surface area contributed by atoms with E-state index in [0.29, 0.717) is 11.9 Å². The number of hydrogen-bond donors (Lipinski definition) is 2. The van der Waals surface area contributed by atoms with Gasteiger partial charge in [-0.1, -0.05) is 20.8 Å². The lowest BCUT2D eigenvalue weighted by molar-refractivity contribution is -0.132. The molecule has 0 bridgehead atoms. The van der Waals surface area contributed by atoms with Gasteiger partial charge in [-0.25, -0.2) is 4.99 Å². The van der Waals surface area contributed by atoms with E-state index in [1.54, 1.807) is 14.2 Å². The van der Waals surface area contributed by atoms with E-state index in [-0.39, 0.29) is 17.6 Å². The highest BCUT2D eigenvalue weighted by Gasteiger charge is 2.54. The zero-order valence-corrected chi connectivity index (χ0v) is 13.4. The molecule has 1 aromatic carbocycles. The van der Waals surface area contributed by atoms with Crippen molar-refractivity contribution in [3.05, 3.63) is 24.3 Å². The first kappa shape index (κ1) is 15.6. The molecule has 0 amide bonds. The van der Waals surface area contributed by atoms with Crippen molar-refractivity contribution in [2.75, 3.05) is 19.5 Å². The predicted molar refractivity (Wildman–Crippen MR) is 85.8 cm³/mol. The number of benzene rings is 1. The van der Waals surface area contributed by atoms with Crippen molar-refractivity contribution in [1.82, 2.24) is 0 Å². The van der Waals surface area contributed by atoms with Gasteiger partial charge in [-0.2, -0.15) is 0 Å². The summed E-state index contributed by atoms with van der Waals surface area (Å²) < 4.78 is 10.7. The third-order valence-corrected chi connectivity index (χ3v) is 4.37. The molecule has 0 aromatic heterocycles. The summed E-state index contributed by atoms with van der Waals surface area (Å²) in [4.78, 5) is 4.62. The van der Waals surface area contributed by atoms with E-state index in [4.69, 9.17) is 15.2 Å². The van der Waals surface area contributed by atoms with Crippen LogP contribution in [0.3, 0.4) is 0 Å². The van der Waals surface area contributed by atoms with E-state index in [1.165, 1.54) is 0 Å². The van der Waals surface area contributed by atoms with E-state index < -0.39 is 0 Å². The van der Waals surface area contributed by atoms with Crippen LogP contribution in [0.2, 0.25) is 0 Å². The van der Waals surface area contributed by atoms with Crippen LogP contribution in [0.5, 0.6) is 5.75 Å². The summed E-state index contributed by atoms with van der Waals surface area (Å²) in [6.07, 6.45) is 0.222. The third kappa shape index (κ3) is 2.97. The number of anilines is 1. The maximum absolute atomic E-state index is 6.02. The van der Waals surface area contributed by atoms with E-state index >= 15 is 0 Å². The normalized spacial score (nSPS) is 27.9. The van der Waals surface area contributed by atoms with Crippen LogP contribution in [0.1, 0.15) is 20.8 Å². The van der Waals surface area contributed by atoms with Gasteiger partial charge in [0.25, 0.3) is 0 Å². The van der Waals surface area contributed by atoms with Crippen molar-refractivity contribution in [3.8, 4) is 5.75 Å². The number of nitrogens with one attached hydrogen (secondary N) is 1. The molecule has 3 atom stereocenters. The first-order valence-electron chi connectivity index (χ1n) is 7.17. The minimum Gasteiger partial charge on any atom is -0.497 e. The molecule has 3 N–H and O–H groups in total. The lowest BCUT2D eigenvalue weighted by Crippen LogP contribution is -2.61. The van der Waals surface area contributed by atoms with Gasteiger partial charge in [0.1, 0.15) is 5.75 Å². The van der Waals surface area contributed by atoms with Gasteiger partial charge in [0.05, 0.1) is 19.3 Å². The molecular formula is C16H25N3O2. The van der Waals surface area contributed by atoms with Gasteiger partial charge >= 0.3 is 0 Å². The highest BCUT2D eigenvalue weighted by molar-refractivity contribution is 5.92. The molecule has 0 aliphatic heterocycles. The summed E-state index contributed by atoms with van der Waals surface area (Å²) in [6, 6.07) is 7.75. The number of rotatable bonds is 4. The van der Waals surface area contributed by atoms with Crippen LogP contribution in [0.15, 0.2) is 29.3 Å². The van der Waals surface area contributed by atoms with Gasteiger partial charge in [0.15, 0.2) is 5.96 Å². The number of nitrogens with two attached hydrogens (primary N) is 1. The molecule has 21 heavy (non-hydrogen) atoms. The molecular weight excluding hydrogens is 266 g/mol. The maximum Gasteiger partial charge on any atom is 0.193 e. The Morgan fingerprint density at radius 3 is 2.33 bits per heavy atom. The standard InChI is InChI=1S/C16H25N3O2/c1-10-13(16(2,3)14(10)21-5)19-15(17)18-11-6-8-12(20-4)9-7-11/h6-10,13-14H,1-5H3,(H3,17,18,19). The SMILES string of the molecule is COc1ccc(NC(N)=NC2C(C)C(OC)C2(C)C)cc1. The molecule has 1 aromatic rings. The molecule has 0 heterocycles. The Morgan fingerprint density at radius 2 is 1.86 bits per heavy atom. The zero-order chi connectivity index (χ0) is 15.6. The monoisotopic (exact) mass is 291 g/mol. The Balaban J connectivity index is 2.04. The molecule has 5 nitrogen and oxygen atoms in total. The average Bonchev–Trinajstić information content (AvgIpc) is 2.46. The van der Waals surface area contributed by atoms with Crippen LogP contribution in [-0.4, -0.2) is 32.3 Å². The Labute approximate surface area is 126 Å². The molecule has 116 valence electrons. The first-order chi connectivity index (χ1) is 9.90. The van der Waals surface area contributed by atoms with Crippen molar-refractivity contribution < 1.29 is 9.47 Å². The molecule has 1 saturated carbocycles. The van der Waals surface area contributed by atoms with Crippen molar-refractivity contribution in [2.24, 2.45) is 22.1 Å². The lowest BCUT2D eigenvalue weighted by atomic mass is 9.58. The van der Waals surface area contributed by atoms with Crippen LogP contribution in [0, 0.1) is 11.3 Å². The zero-order valence-electron chi connectivity index (χ0n) is 13.4. The second-order valence-corrected chi connectivity index (χ2v) is 6.15. The molecule has 5 heteroatoms. The van der Waals surface area contributed by atoms with Gasteiger partial charge in [-0.05, 0) is 24.3 Å². The molecule has 1 fully saturated rings. The Morgan fingerprint density at radius 1 is 1.24 bits per heavy atom. The summed E-state index contributed by atoms with van der Waals surface area (Å²) in [5, 5.41) is 3.11. The van der Waals surface area contributed by atoms with Crippen LogP contribution in [0.25, 0.3) is 0 Å². The highest BCUT2D eigenvalue weighted by atomic mass is 16.5. The molecule has 3 unspecified atom stereocenters. The summed E-state index contributed by atoms with van der Waals surface area (Å²) in [5.74, 6) is 1.61. The lowest BCUT2D eigenvalue weighted by Gasteiger charge is -2.54. The minimum atomic E-state index is 0.000372. The van der Waals surface area contributed by atoms with Crippen molar-refractivity contribution >= 4 is 11.6 Å². The largest absolute Gasteiger partial charge is 0.497 e. The fourth-order valence-electron chi connectivity index (χ4n) is 3.38. The van der Waals surface area contributed by atoms with Crippen molar-refractivity contribution in [3.63, 3.8) is 0 Å². The minimum absolute atomic E-state index is 0.000372. The maximum atomic E-state index is 6.02. The van der Waals surface area contributed by atoms with E-state index in [2.05, 4.69) is 31.1 Å². The summed E-state index contributed by atoms with van der Waals surface area (Å²) in [7, 11) is 3.40. The second kappa shape index (κ2) is 5.93. The van der Waals surface area contributed by atoms with Gasteiger partial charge in [-0.15, -0.1) is 0 Å². The van der Waals surface area contributed by atoms with Crippen LogP contribution in [0.4, 0.5) is 5.69 Å². The van der Waals surface area contributed by atoms with Crippen molar-refractivity contribution in [1.29, 1.82) is 0 Å². The summed E-state index contributed by atoms with van der Waals surface area (Å²) in [5.41, 5.74) is 6.92. The Bertz CT molecular complexity index is 511. The molecule has 0 saturated heterocycles. The quantitative estimate of drug-likeness (QED) is 0.660. The van der Waals surface area contributed by atoms with Crippen LogP contribution >= 0.6 is 0 Å². The molecule has 0 spiro atoms. The Kier molecular flexibility index (Phi) is 4.42. The smallest absolute Gasteiger partial charge is 0.193 e. The van der Waals surface area contributed by atoms with Gasteiger partial charge in [0.2, 0.25) is 0 Å². The van der Waals surface area contributed by atoms with E-state index in [0.717, 1.165) is 11.4 Å². The fourth-order valence-corrected chi connectivity index (χ4v) is 3.38. The number of hydrogen-bond acceptors (Lipinski definition) is 3. The summed E-state index contributed by atoms with van der Waals surface area (Å²) >= 11 is 0. The number of guanidine groups is 1. The number of nitrogens with zero attached hydrogens (tertiary/aromatic N) is 1. The Hall–Kier alpha value is -1.75. The molecule has 0 radical (unpaired) electrons. The highest BCUT2D eigenvalue weighted by Crippen LogP contribution is 2.48. The third-order valence-electron chi connectivity index (χ3n) is 4.37. The van der Waals surface area contributed by atoms with E-state index in [1.807, 2.05) is 24.3 Å². The predicted octanol–water partition coefficient (Wildman–Crippen LogP) is 2.48.